The molecule has 4 nitrogen and oxygen atoms in total. The predicted molar refractivity (Wildman–Crippen MR) is 105 cm³/mol. The number of hydrogen-bond donors (Lipinski definition) is 0. The van der Waals surface area contributed by atoms with Crippen LogP contribution in [0.1, 0.15) is 42.3 Å². The third-order valence-corrected chi connectivity index (χ3v) is 4.59. The fraction of sp³-hybridized carbons (Fsp3) is 0.238. The van der Waals surface area contributed by atoms with E-state index in [0.29, 0.717) is 17.0 Å². The molecule has 0 aliphatic rings. The molecule has 3 aromatic rings. The summed E-state index contributed by atoms with van der Waals surface area (Å²) in [6.07, 6.45) is -1.11. The second-order valence-electron chi connectivity index (χ2n) is 6.86. The van der Waals surface area contributed by atoms with Gasteiger partial charge in [0.15, 0.2) is 5.65 Å². The number of ether oxygens (including phenoxy) is 1. The minimum Gasteiger partial charge on any atom is -0.456 e. The lowest BCUT2D eigenvalue weighted by atomic mass is 10.1. The summed E-state index contributed by atoms with van der Waals surface area (Å²) >= 11 is 6.02. The van der Waals surface area contributed by atoms with Crippen molar-refractivity contribution in [3.8, 4) is 0 Å². The van der Waals surface area contributed by atoms with E-state index < -0.39 is 23.5 Å². The molecule has 0 unspecified atom stereocenters. The largest absolute Gasteiger partial charge is 0.456 e. The lowest BCUT2D eigenvalue weighted by Gasteiger charge is -2.11. The Balaban J connectivity index is 1.88. The van der Waals surface area contributed by atoms with Crippen molar-refractivity contribution in [3.05, 3.63) is 76.0 Å². The second kappa shape index (κ2) is 8.47. The second-order valence-corrected chi connectivity index (χ2v) is 7.27. The minimum atomic E-state index is -4.59. The normalized spacial score (nSPS) is 12.3. The standard InChI is InChI=1S/C21H17ClF4N2O2/c1-12(2)19-17(11-30-18(29)8-5-13-3-6-15(23)7-4-13)28-10-14(21(24,25)26)9-16(22)20(28)27-19/h3-10,12H,11H2,1-2H3/b8-5+. The predicted octanol–water partition coefficient (Wildman–Crippen LogP) is 6.03. The number of nitrogens with zero attached hydrogens (tertiary/aromatic N) is 2. The summed E-state index contributed by atoms with van der Waals surface area (Å²) in [5.74, 6) is -1.25. The Hall–Kier alpha value is -2.87. The summed E-state index contributed by atoms with van der Waals surface area (Å²) in [7, 11) is 0. The van der Waals surface area contributed by atoms with Crippen LogP contribution in [0.4, 0.5) is 17.6 Å². The highest BCUT2D eigenvalue weighted by atomic mass is 35.5. The molecule has 0 spiro atoms. The quantitative estimate of drug-likeness (QED) is 0.276. The molecule has 0 aliphatic heterocycles. The van der Waals surface area contributed by atoms with Crippen molar-refractivity contribution in [3.63, 3.8) is 0 Å². The lowest BCUT2D eigenvalue weighted by molar-refractivity contribution is -0.139. The van der Waals surface area contributed by atoms with Crippen LogP contribution in [0.5, 0.6) is 0 Å². The number of pyridine rings is 1. The number of alkyl halides is 3. The van der Waals surface area contributed by atoms with E-state index in [4.69, 9.17) is 16.3 Å². The highest BCUT2D eigenvalue weighted by Crippen LogP contribution is 2.34. The van der Waals surface area contributed by atoms with Gasteiger partial charge in [0, 0.05) is 12.3 Å². The Morgan fingerprint density at radius 2 is 1.93 bits per heavy atom. The van der Waals surface area contributed by atoms with Crippen LogP contribution < -0.4 is 0 Å². The molecule has 0 atom stereocenters. The summed E-state index contributed by atoms with van der Waals surface area (Å²) in [6.45, 7) is 3.35. The number of imidazole rings is 1. The lowest BCUT2D eigenvalue weighted by Crippen LogP contribution is -2.09. The van der Waals surface area contributed by atoms with E-state index in [9.17, 15) is 22.4 Å². The van der Waals surface area contributed by atoms with Gasteiger partial charge in [0.2, 0.25) is 0 Å². The molecule has 3 rings (SSSR count). The van der Waals surface area contributed by atoms with Gasteiger partial charge in [-0.25, -0.2) is 14.2 Å². The summed E-state index contributed by atoms with van der Waals surface area (Å²) in [5.41, 5.74) is 0.591. The topological polar surface area (TPSA) is 43.6 Å². The van der Waals surface area contributed by atoms with Gasteiger partial charge in [-0.3, -0.25) is 4.40 Å². The van der Waals surface area contributed by atoms with Crippen LogP contribution in [0.3, 0.4) is 0 Å². The molecule has 0 saturated heterocycles. The van der Waals surface area contributed by atoms with Crippen molar-refractivity contribution in [1.29, 1.82) is 0 Å². The van der Waals surface area contributed by atoms with Gasteiger partial charge in [0.25, 0.3) is 0 Å². The number of rotatable bonds is 5. The number of carbonyl (C=O) groups is 1. The number of esters is 1. The van der Waals surface area contributed by atoms with E-state index in [0.717, 1.165) is 18.3 Å². The van der Waals surface area contributed by atoms with Gasteiger partial charge in [-0.05, 0) is 35.8 Å². The molecule has 158 valence electrons. The Morgan fingerprint density at radius 1 is 1.27 bits per heavy atom. The first-order valence-corrected chi connectivity index (χ1v) is 9.32. The molecule has 0 N–H and O–H groups in total. The summed E-state index contributed by atoms with van der Waals surface area (Å²) in [4.78, 5) is 16.4. The number of hydrogen-bond acceptors (Lipinski definition) is 3. The third kappa shape index (κ3) is 4.81. The Kier molecular flexibility index (Phi) is 6.17. The number of benzene rings is 1. The zero-order valence-electron chi connectivity index (χ0n) is 16.0. The smallest absolute Gasteiger partial charge is 0.417 e. The SMILES string of the molecule is CC(C)c1nc2c(Cl)cc(C(F)(F)F)cn2c1COC(=O)/C=C/c1ccc(F)cc1. The van der Waals surface area contributed by atoms with E-state index >= 15 is 0 Å². The molecular weight excluding hydrogens is 424 g/mol. The van der Waals surface area contributed by atoms with Crippen LogP contribution in [-0.2, 0) is 22.3 Å². The number of aromatic nitrogens is 2. The number of carbonyl (C=O) groups excluding carboxylic acids is 1. The molecule has 1 aromatic carbocycles. The maximum atomic E-state index is 13.2. The third-order valence-electron chi connectivity index (χ3n) is 4.31. The number of fused-ring (bicyclic) bond motifs is 1. The molecule has 30 heavy (non-hydrogen) atoms. The van der Waals surface area contributed by atoms with E-state index in [1.807, 2.05) is 13.8 Å². The van der Waals surface area contributed by atoms with E-state index in [1.165, 1.54) is 34.7 Å². The summed E-state index contributed by atoms with van der Waals surface area (Å²) in [6, 6.07) is 6.29. The number of halogens is 5. The molecule has 2 heterocycles. The molecule has 9 heteroatoms. The van der Waals surface area contributed by atoms with Crippen molar-refractivity contribution < 1.29 is 27.1 Å². The fourth-order valence-electron chi connectivity index (χ4n) is 2.86. The Morgan fingerprint density at radius 3 is 2.53 bits per heavy atom. The first-order valence-electron chi connectivity index (χ1n) is 8.94. The van der Waals surface area contributed by atoms with Gasteiger partial charge in [-0.15, -0.1) is 0 Å². The van der Waals surface area contributed by atoms with Crippen molar-refractivity contribution in [2.45, 2.75) is 32.5 Å². The van der Waals surface area contributed by atoms with Gasteiger partial charge in [-0.1, -0.05) is 37.6 Å². The minimum absolute atomic E-state index is 0.140. The van der Waals surface area contributed by atoms with Gasteiger partial charge < -0.3 is 4.74 Å². The molecule has 0 fully saturated rings. The molecule has 0 radical (unpaired) electrons. The van der Waals surface area contributed by atoms with Crippen molar-refractivity contribution in [1.82, 2.24) is 9.38 Å². The van der Waals surface area contributed by atoms with Crippen molar-refractivity contribution in [2.24, 2.45) is 0 Å². The van der Waals surface area contributed by atoms with Crippen LogP contribution >= 0.6 is 11.6 Å². The van der Waals surface area contributed by atoms with Gasteiger partial charge in [-0.2, -0.15) is 13.2 Å². The van der Waals surface area contributed by atoms with Gasteiger partial charge >= 0.3 is 12.1 Å². The van der Waals surface area contributed by atoms with E-state index in [2.05, 4.69) is 4.98 Å². The van der Waals surface area contributed by atoms with Crippen LogP contribution in [0.25, 0.3) is 11.7 Å². The average molecular weight is 441 g/mol. The summed E-state index contributed by atoms with van der Waals surface area (Å²) < 4.78 is 58.9. The summed E-state index contributed by atoms with van der Waals surface area (Å²) in [5, 5.41) is -0.152. The Labute approximate surface area is 174 Å². The van der Waals surface area contributed by atoms with Crippen LogP contribution in [0, 0.1) is 5.82 Å². The monoisotopic (exact) mass is 440 g/mol. The maximum absolute atomic E-state index is 13.2. The Bertz CT molecular complexity index is 1100. The van der Waals surface area contributed by atoms with Crippen LogP contribution in [-0.4, -0.2) is 15.4 Å². The molecule has 2 aromatic heterocycles. The molecular formula is C21H17ClF4N2O2. The van der Waals surface area contributed by atoms with Gasteiger partial charge in [0.1, 0.15) is 12.4 Å². The molecule has 0 aliphatic carbocycles. The molecule has 0 bridgehead atoms. The fourth-order valence-corrected chi connectivity index (χ4v) is 3.11. The van der Waals surface area contributed by atoms with E-state index in [-0.39, 0.29) is 23.2 Å². The van der Waals surface area contributed by atoms with E-state index in [1.54, 1.807) is 0 Å². The van der Waals surface area contributed by atoms with Crippen molar-refractivity contribution in [2.75, 3.05) is 0 Å². The van der Waals surface area contributed by atoms with Crippen LogP contribution in [0.15, 0.2) is 42.6 Å². The highest BCUT2D eigenvalue weighted by molar-refractivity contribution is 6.33. The maximum Gasteiger partial charge on any atom is 0.417 e. The average Bonchev–Trinajstić information content (AvgIpc) is 3.05. The zero-order valence-corrected chi connectivity index (χ0v) is 16.8. The highest BCUT2D eigenvalue weighted by Gasteiger charge is 2.32. The van der Waals surface area contributed by atoms with Crippen molar-refractivity contribution >= 4 is 29.3 Å². The zero-order chi connectivity index (χ0) is 22.1. The van der Waals surface area contributed by atoms with Gasteiger partial charge in [0.05, 0.1) is 22.0 Å². The van der Waals surface area contributed by atoms with Crippen LogP contribution in [0.2, 0.25) is 5.02 Å². The first-order chi connectivity index (χ1) is 14.1. The molecule has 0 amide bonds. The first kappa shape index (κ1) is 21.8. The molecule has 0 saturated carbocycles.